The van der Waals surface area contributed by atoms with Gasteiger partial charge in [-0.2, -0.15) is 0 Å². The van der Waals surface area contributed by atoms with Crippen LogP contribution in [0, 0.1) is 18.7 Å². The summed E-state index contributed by atoms with van der Waals surface area (Å²) >= 11 is 0. The Morgan fingerprint density at radius 1 is 1.47 bits per heavy atom. The molecule has 1 aromatic rings. The average Bonchev–Trinajstić information content (AvgIpc) is 2.80. The molecule has 1 N–H and O–H groups in total. The summed E-state index contributed by atoms with van der Waals surface area (Å²) in [6, 6.07) is 5.15. The Morgan fingerprint density at radius 3 is 2.88 bits per heavy atom. The minimum Gasteiger partial charge on any atom is -0.469 e. The van der Waals surface area contributed by atoms with Gasteiger partial charge in [0.25, 0.3) is 0 Å². The lowest BCUT2D eigenvalue weighted by molar-refractivity contribution is -0.145. The van der Waals surface area contributed by atoms with E-state index in [0.717, 1.165) is 5.56 Å². The van der Waals surface area contributed by atoms with E-state index in [1.807, 2.05) is 6.07 Å². The molecule has 0 bridgehead atoms. The smallest absolute Gasteiger partial charge is 0.310 e. The van der Waals surface area contributed by atoms with Crippen molar-refractivity contribution in [2.45, 2.75) is 12.8 Å². The molecular formula is C13H16FNO2. The maximum Gasteiger partial charge on any atom is 0.310 e. The fraction of sp³-hybridized carbons (Fsp3) is 0.462. The van der Waals surface area contributed by atoms with E-state index in [2.05, 4.69) is 5.32 Å². The summed E-state index contributed by atoms with van der Waals surface area (Å²) in [4.78, 5) is 11.6. The number of ether oxygens (including phenoxy) is 1. The van der Waals surface area contributed by atoms with Crippen molar-refractivity contribution in [1.29, 1.82) is 0 Å². The molecule has 0 aromatic heterocycles. The number of methoxy groups -OCH3 is 1. The van der Waals surface area contributed by atoms with Crippen LogP contribution in [-0.2, 0) is 9.53 Å². The fourth-order valence-corrected chi connectivity index (χ4v) is 2.27. The Kier molecular flexibility index (Phi) is 3.43. The minimum absolute atomic E-state index is 0.00227. The van der Waals surface area contributed by atoms with Crippen LogP contribution < -0.4 is 5.32 Å². The number of halogens is 1. The Labute approximate surface area is 100.0 Å². The number of esters is 1. The van der Waals surface area contributed by atoms with Crippen LogP contribution in [-0.4, -0.2) is 26.2 Å². The maximum absolute atomic E-state index is 13.5. The summed E-state index contributed by atoms with van der Waals surface area (Å²) in [5.74, 6) is -0.682. The topological polar surface area (TPSA) is 38.3 Å². The molecule has 0 aliphatic carbocycles. The first-order valence-electron chi connectivity index (χ1n) is 5.68. The van der Waals surface area contributed by atoms with E-state index in [1.165, 1.54) is 13.2 Å². The lowest BCUT2D eigenvalue weighted by Gasteiger charge is -2.17. The number of aryl methyl sites for hydroxylation is 1. The molecule has 1 fully saturated rings. The predicted octanol–water partition coefficient (Wildman–Crippen LogP) is 1.61. The third-order valence-electron chi connectivity index (χ3n) is 3.34. The van der Waals surface area contributed by atoms with Crippen LogP contribution in [0.15, 0.2) is 18.2 Å². The van der Waals surface area contributed by atoms with Gasteiger partial charge in [0.2, 0.25) is 0 Å². The molecule has 17 heavy (non-hydrogen) atoms. The van der Waals surface area contributed by atoms with Crippen LogP contribution in [0.5, 0.6) is 0 Å². The zero-order chi connectivity index (χ0) is 12.4. The Morgan fingerprint density at radius 2 is 2.24 bits per heavy atom. The van der Waals surface area contributed by atoms with Crippen molar-refractivity contribution >= 4 is 5.97 Å². The fourth-order valence-electron chi connectivity index (χ4n) is 2.27. The summed E-state index contributed by atoms with van der Waals surface area (Å²) < 4.78 is 18.3. The SMILES string of the molecule is COC(=O)C1CNCC1c1ccc(C)c(F)c1. The highest BCUT2D eigenvalue weighted by Gasteiger charge is 2.34. The van der Waals surface area contributed by atoms with E-state index >= 15 is 0 Å². The van der Waals surface area contributed by atoms with Crippen molar-refractivity contribution in [3.05, 3.63) is 35.1 Å². The first kappa shape index (κ1) is 12.0. The Balaban J connectivity index is 2.26. The lowest BCUT2D eigenvalue weighted by Crippen LogP contribution is -2.23. The molecule has 0 saturated carbocycles. The van der Waals surface area contributed by atoms with Crippen molar-refractivity contribution in [2.75, 3.05) is 20.2 Å². The molecule has 3 nitrogen and oxygen atoms in total. The number of rotatable bonds is 2. The van der Waals surface area contributed by atoms with Crippen LogP contribution in [0.1, 0.15) is 17.0 Å². The molecule has 1 saturated heterocycles. The van der Waals surface area contributed by atoms with Gasteiger partial charge in [0.05, 0.1) is 13.0 Å². The molecule has 4 heteroatoms. The van der Waals surface area contributed by atoms with Crippen molar-refractivity contribution in [3.63, 3.8) is 0 Å². The summed E-state index contributed by atoms with van der Waals surface area (Å²) in [6.07, 6.45) is 0. The van der Waals surface area contributed by atoms with Crippen LogP contribution in [0.2, 0.25) is 0 Å². The predicted molar refractivity (Wildman–Crippen MR) is 62.3 cm³/mol. The zero-order valence-electron chi connectivity index (χ0n) is 10.00. The van der Waals surface area contributed by atoms with Gasteiger partial charge in [-0.15, -0.1) is 0 Å². The number of carbonyl (C=O) groups excluding carboxylic acids is 1. The van der Waals surface area contributed by atoms with E-state index in [9.17, 15) is 9.18 Å². The highest BCUT2D eigenvalue weighted by Crippen LogP contribution is 2.29. The summed E-state index contributed by atoms with van der Waals surface area (Å²) in [5.41, 5.74) is 1.47. The maximum atomic E-state index is 13.5. The quantitative estimate of drug-likeness (QED) is 0.794. The number of nitrogens with one attached hydrogen (secondary N) is 1. The van der Waals surface area contributed by atoms with Gasteiger partial charge < -0.3 is 10.1 Å². The largest absolute Gasteiger partial charge is 0.469 e. The first-order chi connectivity index (χ1) is 8.13. The van der Waals surface area contributed by atoms with E-state index in [-0.39, 0.29) is 23.6 Å². The normalized spacial score (nSPS) is 23.7. The van der Waals surface area contributed by atoms with Crippen molar-refractivity contribution in [2.24, 2.45) is 5.92 Å². The Hall–Kier alpha value is -1.42. The van der Waals surface area contributed by atoms with E-state index in [0.29, 0.717) is 18.7 Å². The van der Waals surface area contributed by atoms with Gasteiger partial charge in [-0.25, -0.2) is 4.39 Å². The van der Waals surface area contributed by atoms with Crippen LogP contribution in [0.25, 0.3) is 0 Å². The van der Waals surface area contributed by atoms with Crippen LogP contribution >= 0.6 is 0 Å². The summed E-state index contributed by atoms with van der Waals surface area (Å²) in [7, 11) is 1.38. The molecule has 92 valence electrons. The molecule has 1 aliphatic rings. The molecule has 0 amide bonds. The number of hydrogen-bond donors (Lipinski definition) is 1. The minimum atomic E-state index is -0.235. The second kappa shape index (κ2) is 4.84. The second-order valence-electron chi connectivity index (χ2n) is 4.40. The van der Waals surface area contributed by atoms with Crippen molar-refractivity contribution < 1.29 is 13.9 Å². The van der Waals surface area contributed by atoms with Gasteiger partial charge in [-0.3, -0.25) is 4.79 Å². The Bertz CT molecular complexity index is 433. The molecular weight excluding hydrogens is 221 g/mol. The van der Waals surface area contributed by atoms with Gasteiger partial charge in [0.15, 0.2) is 0 Å². The average molecular weight is 237 g/mol. The van der Waals surface area contributed by atoms with E-state index in [1.54, 1.807) is 13.0 Å². The van der Waals surface area contributed by atoms with E-state index in [4.69, 9.17) is 4.74 Å². The molecule has 2 atom stereocenters. The molecule has 0 spiro atoms. The van der Waals surface area contributed by atoms with Crippen molar-refractivity contribution in [1.82, 2.24) is 5.32 Å². The number of hydrogen-bond acceptors (Lipinski definition) is 3. The van der Waals surface area contributed by atoms with Crippen LogP contribution in [0.3, 0.4) is 0 Å². The van der Waals surface area contributed by atoms with Gasteiger partial charge in [-0.05, 0) is 24.1 Å². The lowest BCUT2D eigenvalue weighted by atomic mass is 9.88. The zero-order valence-corrected chi connectivity index (χ0v) is 10.00. The molecule has 1 aromatic carbocycles. The highest BCUT2D eigenvalue weighted by atomic mass is 19.1. The standard InChI is InChI=1S/C13H16FNO2/c1-8-3-4-9(5-12(8)14)10-6-15-7-11(10)13(16)17-2/h3-5,10-11,15H,6-7H2,1-2H3. The summed E-state index contributed by atoms with van der Waals surface area (Å²) in [6.45, 7) is 3.00. The van der Waals surface area contributed by atoms with Gasteiger partial charge >= 0.3 is 5.97 Å². The van der Waals surface area contributed by atoms with Gasteiger partial charge in [0.1, 0.15) is 5.82 Å². The third kappa shape index (κ3) is 2.31. The highest BCUT2D eigenvalue weighted by molar-refractivity contribution is 5.74. The summed E-state index contributed by atoms with van der Waals surface area (Å²) in [5, 5.41) is 3.15. The third-order valence-corrected chi connectivity index (χ3v) is 3.34. The van der Waals surface area contributed by atoms with Crippen molar-refractivity contribution in [3.8, 4) is 0 Å². The molecule has 0 radical (unpaired) electrons. The van der Waals surface area contributed by atoms with E-state index < -0.39 is 0 Å². The number of benzene rings is 1. The first-order valence-corrected chi connectivity index (χ1v) is 5.68. The molecule has 1 heterocycles. The van der Waals surface area contributed by atoms with Gasteiger partial charge in [-0.1, -0.05) is 12.1 Å². The molecule has 2 unspecified atom stereocenters. The van der Waals surface area contributed by atoms with Gasteiger partial charge in [0, 0.05) is 19.0 Å². The molecule has 2 rings (SSSR count). The number of carbonyl (C=O) groups is 1. The monoisotopic (exact) mass is 237 g/mol. The van der Waals surface area contributed by atoms with Crippen LogP contribution in [0.4, 0.5) is 4.39 Å². The second-order valence-corrected chi connectivity index (χ2v) is 4.40. The molecule has 1 aliphatic heterocycles.